The van der Waals surface area contributed by atoms with Crippen LogP contribution in [0.1, 0.15) is 35.0 Å². The lowest BCUT2D eigenvalue weighted by Gasteiger charge is -2.16. The molecule has 106 valence electrons. The van der Waals surface area contributed by atoms with Crippen molar-refractivity contribution in [1.29, 1.82) is 0 Å². The van der Waals surface area contributed by atoms with Crippen molar-refractivity contribution in [1.82, 2.24) is 4.98 Å². The van der Waals surface area contributed by atoms with Gasteiger partial charge in [-0.15, -0.1) is 0 Å². The molecule has 1 aliphatic rings. The van der Waals surface area contributed by atoms with E-state index in [-0.39, 0.29) is 6.04 Å². The lowest BCUT2D eigenvalue weighted by Crippen LogP contribution is -2.16. The van der Waals surface area contributed by atoms with E-state index in [2.05, 4.69) is 18.0 Å². The van der Waals surface area contributed by atoms with E-state index >= 15 is 0 Å². The Morgan fingerprint density at radius 3 is 3.10 bits per heavy atom. The van der Waals surface area contributed by atoms with Crippen LogP contribution in [0.2, 0.25) is 5.02 Å². The van der Waals surface area contributed by atoms with Gasteiger partial charge in [-0.2, -0.15) is 0 Å². The largest absolute Gasteiger partial charge is 0.347 e. The van der Waals surface area contributed by atoms with E-state index in [1.165, 1.54) is 16.1 Å². The molecule has 2 aromatic rings. The van der Waals surface area contributed by atoms with Gasteiger partial charge in [-0.25, -0.2) is 4.98 Å². The van der Waals surface area contributed by atoms with Crippen molar-refractivity contribution in [2.75, 3.05) is 11.9 Å². The van der Waals surface area contributed by atoms with Gasteiger partial charge in [0.05, 0.1) is 5.69 Å². The molecule has 1 aromatic heterocycles. The number of hydrogen-bond donors (Lipinski definition) is 1. The van der Waals surface area contributed by atoms with Crippen LogP contribution < -0.4 is 10.6 Å². The summed E-state index contributed by atoms with van der Waals surface area (Å²) in [5, 5.41) is 1.82. The maximum absolute atomic E-state index is 6.17. The van der Waals surface area contributed by atoms with Gasteiger partial charge in [0.2, 0.25) is 0 Å². The molecule has 3 nitrogen and oxygen atoms in total. The van der Waals surface area contributed by atoms with Crippen molar-refractivity contribution in [2.24, 2.45) is 5.73 Å². The predicted molar refractivity (Wildman–Crippen MR) is 85.5 cm³/mol. The first-order valence-electron chi connectivity index (χ1n) is 6.84. The van der Waals surface area contributed by atoms with E-state index in [1.54, 1.807) is 11.3 Å². The second-order valence-electron chi connectivity index (χ2n) is 5.29. The Bertz CT molecular complexity index is 611. The maximum Gasteiger partial charge on any atom is 0.185 e. The summed E-state index contributed by atoms with van der Waals surface area (Å²) in [7, 11) is 2.07. The minimum absolute atomic E-state index is 0.171. The van der Waals surface area contributed by atoms with Gasteiger partial charge < -0.3 is 10.6 Å². The molecular weight excluding hydrogens is 290 g/mol. The average Bonchev–Trinajstić information content (AvgIpc) is 2.84. The molecule has 0 saturated heterocycles. The molecule has 0 bridgehead atoms. The highest BCUT2D eigenvalue weighted by atomic mass is 35.5. The predicted octanol–water partition coefficient (Wildman–Crippen LogP) is 3.77. The Morgan fingerprint density at radius 1 is 1.50 bits per heavy atom. The van der Waals surface area contributed by atoms with Gasteiger partial charge in [0.15, 0.2) is 5.13 Å². The molecule has 2 N–H and O–H groups in total. The maximum atomic E-state index is 6.17. The van der Waals surface area contributed by atoms with Gasteiger partial charge in [-0.1, -0.05) is 35.1 Å². The van der Waals surface area contributed by atoms with Crippen LogP contribution in [0.25, 0.3) is 0 Å². The molecule has 5 heteroatoms. The van der Waals surface area contributed by atoms with Crippen LogP contribution in [-0.2, 0) is 13.0 Å². The minimum atomic E-state index is 0.171. The fraction of sp³-hybridized carbons (Fsp3) is 0.400. The summed E-state index contributed by atoms with van der Waals surface area (Å²) in [6.45, 7) is 0.808. The summed E-state index contributed by atoms with van der Waals surface area (Å²) < 4.78 is 0. The SMILES string of the molecule is CN(Cc1cccc(Cl)c1)c1nc2c(s1)C(N)CCC2. The minimum Gasteiger partial charge on any atom is -0.347 e. The summed E-state index contributed by atoms with van der Waals surface area (Å²) in [5.74, 6) is 0. The van der Waals surface area contributed by atoms with Crippen LogP contribution in [0.15, 0.2) is 24.3 Å². The van der Waals surface area contributed by atoms with Crippen LogP contribution in [0.3, 0.4) is 0 Å². The molecule has 1 atom stereocenters. The molecule has 0 spiro atoms. The van der Waals surface area contributed by atoms with Gasteiger partial charge in [-0.3, -0.25) is 0 Å². The molecule has 0 radical (unpaired) electrons. The molecular formula is C15H18ClN3S. The molecule has 0 fully saturated rings. The van der Waals surface area contributed by atoms with Crippen LogP contribution >= 0.6 is 22.9 Å². The van der Waals surface area contributed by atoms with Crippen LogP contribution in [0.5, 0.6) is 0 Å². The normalized spacial score (nSPS) is 17.9. The number of fused-ring (bicyclic) bond motifs is 1. The quantitative estimate of drug-likeness (QED) is 0.938. The molecule has 1 unspecified atom stereocenters. The number of thiazole rings is 1. The number of nitrogens with zero attached hydrogens (tertiary/aromatic N) is 2. The second kappa shape index (κ2) is 5.72. The fourth-order valence-corrected chi connectivity index (χ4v) is 3.90. The average molecular weight is 308 g/mol. The number of benzene rings is 1. The van der Waals surface area contributed by atoms with E-state index in [1.807, 2.05) is 18.2 Å². The summed E-state index contributed by atoms with van der Waals surface area (Å²) in [4.78, 5) is 8.19. The zero-order valence-corrected chi connectivity index (χ0v) is 13.0. The highest BCUT2D eigenvalue weighted by Gasteiger charge is 2.22. The van der Waals surface area contributed by atoms with Crippen molar-refractivity contribution < 1.29 is 0 Å². The lowest BCUT2D eigenvalue weighted by molar-refractivity contribution is 0.573. The molecule has 0 amide bonds. The molecule has 3 rings (SSSR count). The first kappa shape index (κ1) is 13.9. The third-order valence-corrected chi connectivity index (χ3v) is 5.20. The summed E-state index contributed by atoms with van der Waals surface area (Å²) in [6.07, 6.45) is 3.28. The Kier molecular flexibility index (Phi) is 3.96. The Morgan fingerprint density at radius 2 is 2.35 bits per heavy atom. The number of halogens is 1. The van der Waals surface area contributed by atoms with Crippen molar-refractivity contribution >= 4 is 28.1 Å². The summed E-state index contributed by atoms with van der Waals surface area (Å²) in [5.41, 5.74) is 8.55. The molecule has 1 heterocycles. The monoisotopic (exact) mass is 307 g/mol. The molecule has 1 aliphatic carbocycles. The third kappa shape index (κ3) is 2.82. The molecule has 0 saturated carbocycles. The highest BCUT2D eigenvalue weighted by molar-refractivity contribution is 7.15. The van der Waals surface area contributed by atoms with Gasteiger partial charge in [-0.05, 0) is 37.0 Å². The summed E-state index contributed by atoms with van der Waals surface area (Å²) in [6, 6.07) is 8.13. The number of nitrogens with two attached hydrogens (primary N) is 1. The summed E-state index contributed by atoms with van der Waals surface area (Å²) >= 11 is 7.76. The van der Waals surface area contributed by atoms with Gasteiger partial charge in [0, 0.05) is 29.5 Å². The zero-order chi connectivity index (χ0) is 14.1. The number of hydrogen-bond acceptors (Lipinski definition) is 4. The molecule has 20 heavy (non-hydrogen) atoms. The Balaban J connectivity index is 1.79. The fourth-order valence-electron chi connectivity index (χ4n) is 2.58. The van der Waals surface area contributed by atoms with Crippen LogP contribution in [0, 0.1) is 0 Å². The Hall–Kier alpha value is -1.10. The standard InChI is InChI=1S/C15H18ClN3S/c1-19(9-10-4-2-5-11(16)8-10)15-18-13-7-3-6-12(17)14(13)20-15/h2,4-5,8,12H,3,6-7,9,17H2,1H3. The first-order valence-corrected chi connectivity index (χ1v) is 8.03. The molecule has 1 aromatic carbocycles. The number of aromatic nitrogens is 1. The van der Waals surface area contributed by atoms with Crippen molar-refractivity contribution in [3.05, 3.63) is 45.4 Å². The highest BCUT2D eigenvalue weighted by Crippen LogP contribution is 2.36. The smallest absolute Gasteiger partial charge is 0.185 e. The number of anilines is 1. The zero-order valence-electron chi connectivity index (χ0n) is 11.5. The van der Waals surface area contributed by atoms with Gasteiger partial charge >= 0.3 is 0 Å². The Labute approximate surface area is 128 Å². The van der Waals surface area contributed by atoms with Crippen molar-refractivity contribution in [2.45, 2.75) is 31.8 Å². The van der Waals surface area contributed by atoms with E-state index in [0.717, 1.165) is 36.0 Å². The number of rotatable bonds is 3. The second-order valence-corrected chi connectivity index (χ2v) is 6.74. The number of aryl methyl sites for hydroxylation is 1. The lowest BCUT2D eigenvalue weighted by atomic mass is 9.99. The van der Waals surface area contributed by atoms with Crippen LogP contribution in [0.4, 0.5) is 5.13 Å². The van der Waals surface area contributed by atoms with Crippen molar-refractivity contribution in [3.8, 4) is 0 Å². The third-order valence-electron chi connectivity index (χ3n) is 3.62. The topological polar surface area (TPSA) is 42.2 Å². The van der Waals surface area contributed by atoms with E-state index < -0.39 is 0 Å². The molecule has 0 aliphatic heterocycles. The van der Waals surface area contributed by atoms with E-state index in [9.17, 15) is 0 Å². The van der Waals surface area contributed by atoms with Crippen LogP contribution in [-0.4, -0.2) is 12.0 Å². The van der Waals surface area contributed by atoms with Gasteiger partial charge in [0.1, 0.15) is 0 Å². The first-order chi connectivity index (χ1) is 9.63. The van der Waals surface area contributed by atoms with E-state index in [0.29, 0.717) is 0 Å². The van der Waals surface area contributed by atoms with Gasteiger partial charge in [0.25, 0.3) is 0 Å². The van der Waals surface area contributed by atoms with E-state index in [4.69, 9.17) is 22.3 Å². The van der Waals surface area contributed by atoms with Crippen molar-refractivity contribution in [3.63, 3.8) is 0 Å².